The third-order valence-electron chi connectivity index (χ3n) is 5.20. The first-order chi connectivity index (χ1) is 18.4. The third kappa shape index (κ3) is 8.32. The number of hydrogen-bond donors (Lipinski definition) is 1. The summed E-state index contributed by atoms with van der Waals surface area (Å²) >= 11 is 1.37. The fourth-order valence-corrected chi connectivity index (χ4v) is 4.33. The van der Waals surface area contributed by atoms with Gasteiger partial charge in [0.1, 0.15) is 16.5 Å². The molecule has 13 heteroatoms. The lowest BCUT2D eigenvalue weighted by molar-refractivity contribution is -0.205. The maximum atomic E-state index is 12.8. The Morgan fingerprint density at radius 1 is 1.10 bits per heavy atom. The Kier molecular flexibility index (Phi) is 9.76. The van der Waals surface area contributed by atoms with E-state index in [4.69, 9.17) is 9.47 Å². The molecule has 0 bridgehead atoms. The summed E-state index contributed by atoms with van der Waals surface area (Å²) < 4.78 is 52.0. The molecular formula is C26H26F3N3O6S. The topological polar surface area (TPSA) is 117 Å². The fourth-order valence-electron chi connectivity index (χ4n) is 3.42. The lowest BCUT2D eigenvalue weighted by Gasteiger charge is -2.19. The van der Waals surface area contributed by atoms with Gasteiger partial charge in [0.2, 0.25) is 0 Å². The van der Waals surface area contributed by atoms with Crippen LogP contribution in [0.2, 0.25) is 0 Å². The summed E-state index contributed by atoms with van der Waals surface area (Å²) in [6, 6.07) is 10.4. The average Bonchev–Trinajstić information content (AvgIpc) is 3.28. The Balaban J connectivity index is 1.66. The van der Waals surface area contributed by atoms with Crippen LogP contribution in [0.25, 0.3) is 10.6 Å². The summed E-state index contributed by atoms with van der Waals surface area (Å²) in [5.41, 5.74) is 2.01. The Labute approximate surface area is 226 Å². The molecule has 0 fully saturated rings. The van der Waals surface area contributed by atoms with Crippen LogP contribution in [0.5, 0.6) is 5.75 Å². The minimum atomic E-state index is -5.31. The van der Waals surface area contributed by atoms with E-state index in [9.17, 15) is 27.6 Å². The lowest BCUT2D eigenvalue weighted by atomic mass is 10.1. The largest absolute Gasteiger partial charge is 0.497 e. The van der Waals surface area contributed by atoms with Gasteiger partial charge in [-0.05, 0) is 62.7 Å². The fraction of sp³-hybridized carbons (Fsp3) is 0.346. The number of halogens is 3. The number of methoxy groups -OCH3 is 1. The van der Waals surface area contributed by atoms with Crippen LogP contribution in [-0.2, 0) is 32.0 Å². The van der Waals surface area contributed by atoms with Crippen LogP contribution in [0, 0.1) is 6.92 Å². The maximum absolute atomic E-state index is 12.8. The van der Waals surface area contributed by atoms with Gasteiger partial charge in [0, 0.05) is 23.1 Å². The molecule has 0 aliphatic heterocycles. The van der Waals surface area contributed by atoms with E-state index in [0.717, 1.165) is 10.4 Å². The van der Waals surface area contributed by atoms with E-state index in [1.54, 1.807) is 46.1 Å². The monoisotopic (exact) mass is 565 g/mol. The normalized spacial score (nSPS) is 12.2. The molecule has 39 heavy (non-hydrogen) atoms. The molecule has 1 aromatic carbocycles. The number of benzene rings is 1. The van der Waals surface area contributed by atoms with Crippen molar-refractivity contribution in [2.45, 2.75) is 52.1 Å². The predicted octanol–water partition coefficient (Wildman–Crippen LogP) is 4.42. The minimum absolute atomic E-state index is 0.0220. The second kappa shape index (κ2) is 12.8. The number of rotatable bonds is 10. The molecular weight excluding hydrogens is 539 g/mol. The third-order valence-corrected chi connectivity index (χ3v) is 6.22. The number of carbonyl (C=O) groups excluding carboxylic acids is 3. The van der Waals surface area contributed by atoms with Gasteiger partial charge in [-0.1, -0.05) is 0 Å². The molecule has 3 rings (SSSR count). The molecule has 0 radical (unpaired) electrons. The number of ether oxygens (including phenoxy) is 3. The van der Waals surface area contributed by atoms with E-state index in [2.05, 4.69) is 20.0 Å². The van der Waals surface area contributed by atoms with E-state index in [1.807, 2.05) is 12.1 Å². The zero-order valence-corrected chi connectivity index (χ0v) is 22.3. The Morgan fingerprint density at radius 2 is 1.79 bits per heavy atom. The summed E-state index contributed by atoms with van der Waals surface area (Å²) in [6.07, 6.45) is -6.07. The molecule has 1 N–H and O–H groups in total. The number of alkyl halides is 3. The van der Waals surface area contributed by atoms with Crippen molar-refractivity contribution in [3.05, 3.63) is 64.4 Å². The first kappa shape index (κ1) is 29.7. The number of nitrogens with zero attached hydrogens (tertiary/aromatic N) is 2. The first-order valence-corrected chi connectivity index (χ1v) is 12.5. The van der Waals surface area contributed by atoms with Crippen molar-refractivity contribution in [3.63, 3.8) is 0 Å². The standard InChI is InChI=1S/C26H26F3N3O6S/c1-14(2)37-20(24(34)38-25(35)26(27,28)29)12-16-9-10-30-18(11-16)13-31-22(33)21-15(3)39-23(32-21)17-5-7-19(36-4)8-6-17/h5-11,14,20H,12-13H2,1-4H3,(H,31,33). The molecule has 0 aliphatic rings. The highest BCUT2D eigenvalue weighted by Crippen LogP contribution is 2.29. The predicted molar refractivity (Wildman–Crippen MR) is 135 cm³/mol. The number of aryl methyl sites for hydroxylation is 1. The second-order valence-corrected chi connectivity index (χ2v) is 9.78. The molecule has 0 saturated heterocycles. The molecule has 1 atom stereocenters. The van der Waals surface area contributed by atoms with Crippen molar-refractivity contribution in [2.75, 3.05) is 7.11 Å². The van der Waals surface area contributed by atoms with Gasteiger partial charge in [-0.2, -0.15) is 13.2 Å². The molecule has 1 amide bonds. The minimum Gasteiger partial charge on any atom is -0.497 e. The van der Waals surface area contributed by atoms with Crippen molar-refractivity contribution < 1.29 is 41.8 Å². The van der Waals surface area contributed by atoms with Gasteiger partial charge >= 0.3 is 18.1 Å². The van der Waals surface area contributed by atoms with Crippen molar-refractivity contribution in [1.29, 1.82) is 0 Å². The number of amides is 1. The molecule has 9 nitrogen and oxygen atoms in total. The molecule has 1 unspecified atom stereocenters. The van der Waals surface area contributed by atoms with Gasteiger partial charge in [-0.25, -0.2) is 14.6 Å². The van der Waals surface area contributed by atoms with Gasteiger partial charge in [0.25, 0.3) is 5.91 Å². The molecule has 3 aromatic rings. The van der Waals surface area contributed by atoms with Gasteiger partial charge < -0.3 is 19.5 Å². The summed E-state index contributed by atoms with van der Waals surface area (Å²) in [4.78, 5) is 45.5. The van der Waals surface area contributed by atoms with Crippen LogP contribution < -0.4 is 10.1 Å². The highest BCUT2D eigenvalue weighted by atomic mass is 32.1. The zero-order valence-electron chi connectivity index (χ0n) is 21.5. The Morgan fingerprint density at radius 3 is 2.41 bits per heavy atom. The summed E-state index contributed by atoms with van der Waals surface area (Å²) in [5.74, 6) is -3.78. The van der Waals surface area contributed by atoms with Crippen LogP contribution in [0.4, 0.5) is 13.2 Å². The van der Waals surface area contributed by atoms with Crippen LogP contribution in [0.1, 0.15) is 40.5 Å². The van der Waals surface area contributed by atoms with Gasteiger partial charge in [-0.15, -0.1) is 11.3 Å². The van der Waals surface area contributed by atoms with Crippen molar-refractivity contribution in [2.24, 2.45) is 0 Å². The van der Waals surface area contributed by atoms with Gasteiger partial charge in [-0.3, -0.25) is 9.78 Å². The molecule has 208 valence electrons. The number of nitrogens with one attached hydrogen (secondary N) is 1. The molecule has 2 heterocycles. The number of esters is 2. The zero-order chi connectivity index (χ0) is 28.7. The Bertz CT molecular complexity index is 1330. The Hall–Kier alpha value is -3.84. The van der Waals surface area contributed by atoms with Gasteiger partial charge in [0.05, 0.1) is 25.5 Å². The number of hydrogen-bond acceptors (Lipinski definition) is 9. The van der Waals surface area contributed by atoms with Crippen molar-refractivity contribution in [3.8, 4) is 16.3 Å². The smallest absolute Gasteiger partial charge is 0.491 e. The number of aromatic nitrogens is 2. The second-order valence-electron chi connectivity index (χ2n) is 8.57. The quantitative estimate of drug-likeness (QED) is 0.284. The average molecular weight is 566 g/mol. The van der Waals surface area contributed by atoms with E-state index in [1.165, 1.54) is 23.6 Å². The first-order valence-electron chi connectivity index (χ1n) is 11.7. The SMILES string of the molecule is COc1ccc(-c2nc(C(=O)NCc3cc(CC(OC(C)C)C(=O)OC(=O)C(F)(F)F)ccn3)c(C)s2)cc1. The lowest BCUT2D eigenvalue weighted by Crippen LogP contribution is -2.36. The van der Waals surface area contributed by atoms with E-state index in [0.29, 0.717) is 22.0 Å². The van der Waals surface area contributed by atoms with Crippen LogP contribution in [0.3, 0.4) is 0 Å². The number of pyridine rings is 1. The van der Waals surface area contributed by atoms with Crippen molar-refractivity contribution >= 4 is 29.2 Å². The van der Waals surface area contributed by atoms with E-state index >= 15 is 0 Å². The van der Waals surface area contributed by atoms with Crippen LogP contribution in [0.15, 0.2) is 42.6 Å². The summed E-state index contributed by atoms with van der Waals surface area (Å²) in [6.45, 7) is 4.98. The van der Waals surface area contributed by atoms with Gasteiger partial charge in [0.15, 0.2) is 6.10 Å². The van der Waals surface area contributed by atoms with Crippen LogP contribution >= 0.6 is 11.3 Å². The number of carbonyl (C=O) groups is 3. The van der Waals surface area contributed by atoms with E-state index < -0.39 is 36.2 Å². The molecule has 0 spiro atoms. The van der Waals surface area contributed by atoms with Crippen LogP contribution in [-0.4, -0.2) is 53.3 Å². The summed E-state index contributed by atoms with van der Waals surface area (Å²) in [7, 11) is 1.57. The number of thiazole rings is 1. The highest BCUT2D eigenvalue weighted by Gasteiger charge is 2.43. The van der Waals surface area contributed by atoms with Crippen molar-refractivity contribution in [1.82, 2.24) is 15.3 Å². The summed E-state index contributed by atoms with van der Waals surface area (Å²) in [5, 5.41) is 3.42. The van der Waals surface area contributed by atoms with E-state index in [-0.39, 0.29) is 18.7 Å². The maximum Gasteiger partial charge on any atom is 0.491 e. The molecule has 0 aliphatic carbocycles. The highest BCUT2D eigenvalue weighted by molar-refractivity contribution is 7.15. The molecule has 0 saturated carbocycles. The molecule has 2 aromatic heterocycles.